The molecule has 0 saturated heterocycles. The number of carbonyl (C=O) groups excluding carboxylic acids is 1. The topological polar surface area (TPSA) is 86.3 Å². The molecule has 1 unspecified atom stereocenters. The second-order valence-electron chi connectivity index (χ2n) is 10.3. The van der Waals surface area contributed by atoms with Gasteiger partial charge in [-0.3, -0.25) is 4.79 Å². The van der Waals surface area contributed by atoms with Gasteiger partial charge in [0.2, 0.25) is 0 Å². The minimum Gasteiger partial charge on any atom is -0.399 e. The number of ketones is 1. The van der Waals surface area contributed by atoms with E-state index in [1.807, 2.05) is 0 Å². The maximum Gasteiger partial charge on any atom is 0.142 e. The minimum absolute atomic E-state index is 0.101. The van der Waals surface area contributed by atoms with Gasteiger partial charge in [0, 0.05) is 24.2 Å². The van der Waals surface area contributed by atoms with Gasteiger partial charge in [0.15, 0.2) is 0 Å². The Kier molecular flexibility index (Phi) is 5.94. The fourth-order valence-corrected chi connectivity index (χ4v) is 7.26. The Morgan fingerprint density at radius 1 is 1.17 bits per heavy atom. The first-order chi connectivity index (χ1) is 14.3. The molecule has 4 aliphatic rings. The van der Waals surface area contributed by atoms with Gasteiger partial charge in [-0.05, 0) is 68.2 Å². The molecule has 4 rings (SSSR count). The number of Topliss-reactive ketones (excluding diaryl/α,β-unsaturated/α-hetero) is 1. The molecule has 0 amide bonds. The van der Waals surface area contributed by atoms with Crippen molar-refractivity contribution in [3.05, 3.63) is 0 Å². The van der Waals surface area contributed by atoms with Crippen LogP contribution >= 0.6 is 0 Å². The summed E-state index contributed by atoms with van der Waals surface area (Å²) in [6, 6.07) is 0. The number of alkyl halides is 1. The van der Waals surface area contributed by atoms with Crippen LogP contribution in [0.3, 0.4) is 0 Å². The average molecular weight is 422 g/mol. The first-order valence-corrected chi connectivity index (χ1v) is 11.5. The molecule has 0 heterocycles. The van der Waals surface area contributed by atoms with E-state index in [-0.39, 0.29) is 16.7 Å². The van der Waals surface area contributed by atoms with Crippen molar-refractivity contribution in [3.63, 3.8) is 0 Å². The quantitative estimate of drug-likeness (QED) is 0.539. The Labute approximate surface area is 178 Å². The fraction of sp³-hybridized carbons (Fsp3) is 0.870. The molecule has 6 nitrogen and oxygen atoms in total. The van der Waals surface area contributed by atoms with Crippen molar-refractivity contribution in [2.45, 2.75) is 71.4 Å². The van der Waals surface area contributed by atoms with E-state index in [1.165, 1.54) is 0 Å². The highest BCUT2D eigenvalue weighted by Crippen LogP contribution is 2.64. The molecule has 0 bridgehead atoms. The van der Waals surface area contributed by atoms with Gasteiger partial charge in [-0.1, -0.05) is 24.2 Å². The summed E-state index contributed by atoms with van der Waals surface area (Å²) in [4.78, 5) is 23.2. The number of oxime groups is 2. The third-order valence-electron chi connectivity index (χ3n) is 8.86. The second-order valence-corrected chi connectivity index (χ2v) is 10.3. The summed E-state index contributed by atoms with van der Waals surface area (Å²) in [6.45, 7) is 5.33. The molecule has 0 aliphatic heterocycles. The summed E-state index contributed by atoms with van der Waals surface area (Å²) in [5.41, 5.74) is 6.56. The zero-order valence-corrected chi connectivity index (χ0v) is 18.5. The van der Waals surface area contributed by atoms with Crippen LogP contribution in [-0.2, 0) is 14.5 Å². The maximum atomic E-state index is 15.3. The van der Waals surface area contributed by atoms with E-state index in [0.717, 1.165) is 31.4 Å². The van der Waals surface area contributed by atoms with Crippen LogP contribution in [0.2, 0.25) is 0 Å². The van der Waals surface area contributed by atoms with Gasteiger partial charge < -0.3 is 15.4 Å². The first kappa shape index (κ1) is 21.7. The predicted octanol–water partition coefficient (Wildman–Crippen LogP) is 3.88. The van der Waals surface area contributed by atoms with E-state index in [1.54, 1.807) is 7.11 Å². The number of hydrogen-bond acceptors (Lipinski definition) is 6. The van der Waals surface area contributed by atoms with Crippen LogP contribution < -0.4 is 5.73 Å². The number of rotatable bonds is 5. The summed E-state index contributed by atoms with van der Waals surface area (Å²) in [5, 5.41) is 8.57. The molecule has 2 N–H and O–H groups in total. The van der Waals surface area contributed by atoms with Crippen molar-refractivity contribution in [2.24, 2.45) is 50.5 Å². The van der Waals surface area contributed by atoms with Gasteiger partial charge in [-0.15, -0.1) is 0 Å². The SMILES string of the molecule is CO/N=C1\C[C@@H]2[C@H](CC[C@]3(C)C(=O)CC[C@@H]23)[C@@]2(C)C[C@@H](F)/C(=N/OCCCN)CC12. The number of fused-ring (bicyclic) bond motifs is 5. The lowest BCUT2D eigenvalue weighted by molar-refractivity contribution is -0.133. The van der Waals surface area contributed by atoms with E-state index in [2.05, 4.69) is 24.2 Å². The predicted molar refractivity (Wildman–Crippen MR) is 114 cm³/mol. The zero-order valence-electron chi connectivity index (χ0n) is 18.5. The molecule has 168 valence electrons. The molecule has 0 aromatic carbocycles. The fourth-order valence-electron chi connectivity index (χ4n) is 7.26. The highest BCUT2D eigenvalue weighted by atomic mass is 19.1. The van der Waals surface area contributed by atoms with Crippen LogP contribution in [0.25, 0.3) is 0 Å². The Balaban J connectivity index is 1.63. The molecular formula is C23H36FN3O3. The Bertz CT molecular complexity index is 741. The summed E-state index contributed by atoms with van der Waals surface area (Å²) in [7, 11) is 1.58. The smallest absolute Gasteiger partial charge is 0.142 e. The zero-order chi connectivity index (χ0) is 21.5. The summed E-state index contributed by atoms with van der Waals surface area (Å²) >= 11 is 0. The number of hydrogen-bond donors (Lipinski definition) is 1. The minimum atomic E-state index is -1.11. The average Bonchev–Trinajstić information content (AvgIpc) is 3.01. The van der Waals surface area contributed by atoms with Crippen molar-refractivity contribution in [1.29, 1.82) is 0 Å². The molecule has 0 aromatic heterocycles. The van der Waals surface area contributed by atoms with Gasteiger partial charge in [0.25, 0.3) is 0 Å². The van der Waals surface area contributed by atoms with E-state index < -0.39 is 6.17 Å². The highest BCUT2D eigenvalue weighted by molar-refractivity contribution is 5.97. The lowest BCUT2D eigenvalue weighted by atomic mass is 9.44. The normalized spacial score (nSPS) is 45.8. The van der Waals surface area contributed by atoms with Gasteiger partial charge in [0.1, 0.15) is 25.7 Å². The van der Waals surface area contributed by atoms with Crippen molar-refractivity contribution in [3.8, 4) is 0 Å². The molecule has 7 atom stereocenters. The van der Waals surface area contributed by atoms with Gasteiger partial charge >= 0.3 is 0 Å². The van der Waals surface area contributed by atoms with Crippen molar-refractivity contribution in [2.75, 3.05) is 20.3 Å². The summed E-state index contributed by atoms with van der Waals surface area (Å²) in [5.74, 6) is 1.66. The lowest BCUT2D eigenvalue weighted by Gasteiger charge is -2.59. The van der Waals surface area contributed by atoms with Crippen LogP contribution in [-0.4, -0.2) is 43.6 Å². The van der Waals surface area contributed by atoms with Crippen LogP contribution in [0.5, 0.6) is 0 Å². The Morgan fingerprint density at radius 2 is 1.97 bits per heavy atom. The molecule has 0 aromatic rings. The third-order valence-corrected chi connectivity index (χ3v) is 8.86. The molecule has 0 spiro atoms. The van der Waals surface area contributed by atoms with E-state index in [4.69, 9.17) is 15.4 Å². The number of carbonyl (C=O) groups is 1. The van der Waals surface area contributed by atoms with Crippen LogP contribution in [0, 0.1) is 34.5 Å². The van der Waals surface area contributed by atoms with E-state index in [0.29, 0.717) is 68.1 Å². The molecule has 4 saturated carbocycles. The summed E-state index contributed by atoms with van der Waals surface area (Å²) in [6.07, 6.45) is 4.94. The molecule has 30 heavy (non-hydrogen) atoms. The monoisotopic (exact) mass is 421 g/mol. The van der Waals surface area contributed by atoms with E-state index >= 15 is 4.39 Å². The standard InChI is InChI=1S/C23H36FN3O3/c1-22-8-7-16-14(15(22)5-6-21(22)28)11-19(26-29-3)17-12-20(27-30-10-4-9-25)18(24)13-23(16,17)2/h14-18H,4-13,25H2,1-3H3/b26-19+,27-20+/t14-,15-,16-,17?,18+,22-,23+/m0/s1. The molecule has 4 aliphatic carbocycles. The van der Waals surface area contributed by atoms with Crippen LogP contribution in [0.15, 0.2) is 10.3 Å². The van der Waals surface area contributed by atoms with Crippen LogP contribution in [0.1, 0.15) is 65.2 Å². The second kappa shape index (κ2) is 8.21. The van der Waals surface area contributed by atoms with Gasteiger partial charge in [0.05, 0.1) is 11.4 Å². The van der Waals surface area contributed by atoms with Crippen molar-refractivity contribution in [1.82, 2.24) is 0 Å². The molecular weight excluding hydrogens is 385 g/mol. The lowest BCUT2D eigenvalue weighted by Crippen LogP contribution is -2.58. The largest absolute Gasteiger partial charge is 0.399 e. The number of nitrogens with two attached hydrogens (primary N) is 1. The van der Waals surface area contributed by atoms with E-state index in [9.17, 15) is 4.79 Å². The van der Waals surface area contributed by atoms with Crippen LogP contribution in [0.4, 0.5) is 4.39 Å². The Hall–Kier alpha value is -1.50. The number of halogens is 1. The first-order valence-electron chi connectivity index (χ1n) is 11.5. The maximum absolute atomic E-state index is 15.3. The highest BCUT2D eigenvalue weighted by Gasteiger charge is 2.62. The molecule has 0 radical (unpaired) electrons. The van der Waals surface area contributed by atoms with Gasteiger partial charge in [-0.2, -0.15) is 0 Å². The summed E-state index contributed by atoms with van der Waals surface area (Å²) < 4.78 is 15.3. The molecule has 4 fully saturated rings. The Morgan fingerprint density at radius 3 is 2.70 bits per heavy atom. The van der Waals surface area contributed by atoms with Crippen molar-refractivity contribution < 1.29 is 18.9 Å². The van der Waals surface area contributed by atoms with Gasteiger partial charge in [-0.25, -0.2) is 4.39 Å². The number of nitrogens with zero attached hydrogens (tertiary/aromatic N) is 2. The van der Waals surface area contributed by atoms with Crippen molar-refractivity contribution >= 4 is 17.2 Å². The molecule has 7 heteroatoms. The third kappa shape index (κ3) is 3.37.